The van der Waals surface area contributed by atoms with Crippen LogP contribution in [-0.2, 0) is 4.79 Å². The molecule has 0 bridgehead atoms. The van der Waals surface area contributed by atoms with Gasteiger partial charge < -0.3 is 15.2 Å². The molecule has 2 aliphatic heterocycles. The summed E-state index contributed by atoms with van der Waals surface area (Å²) in [4.78, 5) is 29.0. The number of amides is 1. The number of rotatable bonds is 3. The molecule has 5 nitrogen and oxygen atoms in total. The van der Waals surface area contributed by atoms with Gasteiger partial charge in [0, 0.05) is 42.9 Å². The zero-order valence-electron chi connectivity index (χ0n) is 16.6. The first-order valence-corrected chi connectivity index (χ1v) is 9.89. The molecule has 1 aromatic rings. The predicted molar refractivity (Wildman–Crippen MR) is 104 cm³/mol. The van der Waals surface area contributed by atoms with Crippen molar-refractivity contribution in [3.05, 3.63) is 34.2 Å². The van der Waals surface area contributed by atoms with E-state index in [1.165, 1.54) is 0 Å². The molecule has 0 saturated carbocycles. The Kier molecular flexibility index (Phi) is 5.29. The van der Waals surface area contributed by atoms with Crippen molar-refractivity contribution >= 4 is 5.91 Å². The number of nitrogens with zero attached hydrogens (tertiary/aromatic N) is 1. The van der Waals surface area contributed by atoms with E-state index < -0.39 is 0 Å². The zero-order chi connectivity index (χ0) is 18.9. The molecule has 3 rings (SSSR count). The second-order valence-electron chi connectivity index (χ2n) is 9.51. The Hall–Kier alpha value is -1.62. The Balaban J connectivity index is 1.55. The minimum atomic E-state index is -0.0443. The summed E-state index contributed by atoms with van der Waals surface area (Å²) < 4.78 is 0. The molecule has 5 heteroatoms. The largest absolute Gasteiger partial charge is 0.343 e. The van der Waals surface area contributed by atoms with E-state index in [1.807, 2.05) is 11.0 Å². The molecule has 0 aromatic carbocycles. The van der Waals surface area contributed by atoms with E-state index >= 15 is 0 Å². The third-order valence-electron chi connectivity index (χ3n) is 5.86. The van der Waals surface area contributed by atoms with Gasteiger partial charge in [0.2, 0.25) is 11.5 Å². The zero-order valence-corrected chi connectivity index (χ0v) is 16.6. The number of nitrogens with one attached hydrogen (secondary N) is 2. The monoisotopic (exact) mass is 359 g/mol. The highest BCUT2D eigenvalue weighted by molar-refractivity contribution is 5.76. The average molecular weight is 360 g/mol. The number of H-pyrrole nitrogens is 1. The van der Waals surface area contributed by atoms with Gasteiger partial charge in [-0.05, 0) is 76.8 Å². The van der Waals surface area contributed by atoms with Crippen LogP contribution in [0.15, 0.2) is 23.1 Å². The highest BCUT2D eigenvalue weighted by Crippen LogP contribution is 2.35. The minimum Gasteiger partial charge on any atom is -0.343 e. The Labute approximate surface area is 156 Å². The third kappa shape index (κ3) is 4.76. The van der Waals surface area contributed by atoms with Crippen LogP contribution >= 0.6 is 0 Å². The quantitative estimate of drug-likeness (QED) is 0.872. The van der Waals surface area contributed by atoms with Crippen molar-refractivity contribution in [1.82, 2.24) is 15.2 Å². The first-order chi connectivity index (χ1) is 12.1. The minimum absolute atomic E-state index is 0.0443. The predicted octanol–water partition coefficient (Wildman–Crippen LogP) is 3.03. The number of likely N-dealkylation sites (tertiary alicyclic amines) is 1. The second kappa shape index (κ2) is 7.18. The van der Waals surface area contributed by atoms with Crippen LogP contribution in [-0.4, -0.2) is 40.0 Å². The lowest BCUT2D eigenvalue weighted by atomic mass is 9.74. The number of carbonyl (C=O) groups excluding carboxylic acids is 1. The van der Waals surface area contributed by atoms with Crippen LogP contribution in [0.25, 0.3) is 0 Å². The highest BCUT2D eigenvalue weighted by Gasteiger charge is 2.39. The fourth-order valence-electron chi connectivity index (χ4n) is 5.23. The maximum absolute atomic E-state index is 12.8. The van der Waals surface area contributed by atoms with Crippen molar-refractivity contribution in [2.45, 2.75) is 76.8 Å². The fourth-order valence-corrected chi connectivity index (χ4v) is 5.23. The van der Waals surface area contributed by atoms with Crippen LogP contribution in [0, 0.1) is 5.92 Å². The number of carbonyl (C=O) groups is 1. The van der Waals surface area contributed by atoms with Gasteiger partial charge in [0.15, 0.2) is 0 Å². The van der Waals surface area contributed by atoms with E-state index in [-0.39, 0.29) is 16.6 Å². The Morgan fingerprint density at radius 3 is 2.35 bits per heavy atom. The van der Waals surface area contributed by atoms with Crippen molar-refractivity contribution < 1.29 is 4.79 Å². The molecule has 0 unspecified atom stereocenters. The molecule has 3 heterocycles. The molecular formula is C21H33N3O2. The maximum Gasteiger partial charge on any atom is 0.248 e. The molecule has 1 aromatic heterocycles. The first-order valence-electron chi connectivity index (χ1n) is 9.89. The van der Waals surface area contributed by atoms with Crippen molar-refractivity contribution in [3.63, 3.8) is 0 Å². The Morgan fingerprint density at radius 2 is 1.77 bits per heavy atom. The SMILES string of the molecule is CC1(C)CC(CC(=O)N2CCC(c3cc[nH]c(=O)c3)CC2)CC(C)(C)N1. The summed E-state index contributed by atoms with van der Waals surface area (Å²) in [5.41, 5.74) is 1.22. The molecule has 0 aliphatic carbocycles. The van der Waals surface area contributed by atoms with Crippen molar-refractivity contribution in [2.24, 2.45) is 5.92 Å². The standard InChI is InChI=1S/C21H33N3O2/c1-20(2)13-15(14-21(3,4)23-20)11-19(26)24-9-6-16(7-10-24)17-5-8-22-18(25)12-17/h5,8,12,15-16,23H,6-7,9-11,13-14H2,1-4H3,(H,22,25). The van der Waals surface area contributed by atoms with Crippen LogP contribution in [0.4, 0.5) is 0 Å². The van der Waals surface area contributed by atoms with E-state index in [4.69, 9.17) is 0 Å². The van der Waals surface area contributed by atoms with E-state index in [0.29, 0.717) is 24.2 Å². The van der Waals surface area contributed by atoms with Crippen LogP contribution < -0.4 is 10.9 Å². The summed E-state index contributed by atoms with van der Waals surface area (Å²) >= 11 is 0. The Morgan fingerprint density at radius 1 is 1.15 bits per heavy atom. The van der Waals surface area contributed by atoms with Crippen molar-refractivity contribution in [3.8, 4) is 0 Å². The molecule has 26 heavy (non-hydrogen) atoms. The number of aromatic nitrogens is 1. The molecule has 2 saturated heterocycles. The van der Waals surface area contributed by atoms with Crippen LogP contribution in [0.1, 0.15) is 71.3 Å². The topological polar surface area (TPSA) is 65.2 Å². The van der Waals surface area contributed by atoms with Crippen LogP contribution in [0.5, 0.6) is 0 Å². The van der Waals surface area contributed by atoms with E-state index in [0.717, 1.165) is 44.3 Å². The van der Waals surface area contributed by atoms with Crippen LogP contribution in [0.3, 0.4) is 0 Å². The highest BCUT2D eigenvalue weighted by atomic mass is 16.2. The van der Waals surface area contributed by atoms with Gasteiger partial charge in [-0.15, -0.1) is 0 Å². The molecule has 2 N–H and O–H groups in total. The first kappa shape index (κ1) is 19.2. The molecule has 0 radical (unpaired) electrons. The van der Waals surface area contributed by atoms with Gasteiger partial charge in [-0.2, -0.15) is 0 Å². The second-order valence-corrected chi connectivity index (χ2v) is 9.51. The molecule has 2 aliphatic rings. The number of aromatic amines is 1. The van der Waals surface area contributed by atoms with E-state index in [2.05, 4.69) is 38.0 Å². The molecule has 1 amide bonds. The fraction of sp³-hybridized carbons (Fsp3) is 0.714. The molecule has 144 valence electrons. The summed E-state index contributed by atoms with van der Waals surface area (Å²) in [5, 5.41) is 3.69. The van der Waals surface area contributed by atoms with Gasteiger partial charge in [-0.3, -0.25) is 9.59 Å². The maximum atomic E-state index is 12.8. The molecule has 2 fully saturated rings. The van der Waals surface area contributed by atoms with Gasteiger partial charge in [-0.1, -0.05) is 0 Å². The average Bonchev–Trinajstić information content (AvgIpc) is 2.52. The van der Waals surface area contributed by atoms with Gasteiger partial charge in [0.25, 0.3) is 0 Å². The van der Waals surface area contributed by atoms with Gasteiger partial charge in [-0.25, -0.2) is 0 Å². The van der Waals surface area contributed by atoms with Gasteiger partial charge in [0.05, 0.1) is 0 Å². The van der Waals surface area contributed by atoms with Gasteiger partial charge >= 0.3 is 0 Å². The molecule has 0 spiro atoms. The number of pyridine rings is 1. The molecular weight excluding hydrogens is 326 g/mol. The summed E-state index contributed by atoms with van der Waals surface area (Å²) in [6.45, 7) is 10.5. The third-order valence-corrected chi connectivity index (χ3v) is 5.86. The van der Waals surface area contributed by atoms with E-state index in [1.54, 1.807) is 12.3 Å². The normalized spacial score (nSPS) is 23.8. The lowest BCUT2D eigenvalue weighted by Crippen LogP contribution is -2.58. The van der Waals surface area contributed by atoms with Crippen LogP contribution in [0.2, 0.25) is 0 Å². The summed E-state index contributed by atoms with van der Waals surface area (Å²) in [7, 11) is 0. The number of hydrogen-bond acceptors (Lipinski definition) is 3. The summed E-state index contributed by atoms with van der Waals surface area (Å²) in [6, 6.07) is 3.68. The lowest BCUT2D eigenvalue weighted by Gasteiger charge is -2.47. The number of piperidine rings is 2. The van der Waals surface area contributed by atoms with E-state index in [9.17, 15) is 9.59 Å². The summed E-state index contributed by atoms with van der Waals surface area (Å²) in [6.07, 6.45) is 6.35. The summed E-state index contributed by atoms with van der Waals surface area (Å²) in [5.74, 6) is 1.13. The number of hydrogen-bond donors (Lipinski definition) is 2. The van der Waals surface area contributed by atoms with Crippen molar-refractivity contribution in [2.75, 3.05) is 13.1 Å². The molecule has 0 atom stereocenters. The lowest BCUT2D eigenvalue weighted by molar-refractivity contribution is -0.133. The van der Waals surface area contributed by atoms with Gasteiger partial charge in [0.1, 0.15) is 0 Å². The van der Waals surface area contributed by atoms with Crippen molar-refractivity contribution in [1.29, 1.82) is 0 Å². The Bertz CT molecular complexity index is 683. The smallest absolute Gasteiger partial charge is 0.248 e.